The van der Waals surface area contributed by atoms with Gasteiger partial charge in [0.1, 0.15) is 16.8 Å². The molecule has 1 heterocycles. The molecule has 0 radical (unpaired) electrons. The van der Waals surface area contributed by atoms with E-state index in [0.717, 1.165) is 5.56 Å². The lowest BCUT2D eigenvalue weighted by Crippen LogP contribution is -2.32. The van der Waals surface area contributed by atoms with Gasteiger partial charge in [0.25, 0.3) is 0 Å². The van der Waals surface area contributed by atoms with Crippen molar-refractivity contribution in [3.63, 3.8) is 0 Å². The van der Waals surface area contributed by atoms with Gasteiger partial charge < -0.3 is 10.4 Å². The van der Waals surface area contributed by atoms with Gasteiger partial charge >= 0.3 is 0 Å². The zero-order chi connectivity index (χ0) is 14.5. The van der Waals surface area contributed by atoms with E-state index in [1.807, 2.05) is 37.3 Å². The van der Waals surface area contributed by atoms with Crippen LogP contribution in [0.25, 0.3) is 0 Å². The van der Waals surface area contributed by atoms with Crippen LogP contribution in [0, 0.1) is 6.92 Å². The number of anilines is 1. The van der Waals surface area contributed by atoms with Crippen molar-refractivity contribution in [2.45, 2.75) is 32.4 Å². The van der Waals surface area contributed by atoms with Gasteiger partial charge in [-0.25, -0.2) is 9.97 Å². The largest absolute Gasteiger partial charge is 0.391 e. The highest BCUT2D eigenvalue weighted by Gasteiger charge is 2.15. The van der Waals surface area contributed by atoms with Gasteiger partial charge in [-0.1, -0.05) is 41.9 Å². The van der Waals surface area contributed by atoms with Crippen LogP contribution in [0.2, 0.25) is 5.15 Å². The Morgan fingerprint density at radius 1 is 1.25 bits per heavy atom. The molecule has 0 aliphatic heterocycles. The summed E-state index contributed by atoms with van der Waals surface area (Å²) in [6, 6.07) is 11.4. The smallest absolute Gasteiger partial charge is 0.134 e. The van der Waals surface area contributed by atoms with Crippen molar-refractivity contribution in [1.82, 2.24) is 9.97 Å². The molecule has 2 rings (SSSR count). The van der Waals surface area contributed by atoms with Gasteiger partial charge in [-0.2, -0.15) is 0 Å². The number of nitrogens with one attached hydrogen (secondary N) is 1. The lowest BCUT2D eigenvalue weighted by molar-refractivity contribution is 0.158. The molecule has 2 N–H and O–H groups in total. The molecule has 106 valence electrons. The van der Waals surface area contributed by atoms with Crippen LogP contribution in [-0.4, -0.2) is 27.2 Å². The first-order chi connectivity index (χ1) is 9.54. The molecule has 2 unspecified atom stereocenters. The highest BCUT2D eigenvalue weighted by Crippen LogP contribution is 2.14. The Hall–Kier alpha value is -1.65. The van der Waals surface area contributed by atoms with Crippen LogP contribution in [0.1, 0.15) is 18.3 Å². The molecular formula is C15H18ClN3O. The normalized spacial score (nSPS) is 13.8. The van der Waals surface area contributed by atoms with E-state index in [1.54, 1.807) is 13.0 Å². The summed E-state index contributed by atoms with van der Waals surface area (Å²) in [5, 5.41) is 13.8. The molecule has 2 atom stereocenters. The van der Waals surface area contributed by atoms with E-state index in [0.29, 0.717) is 23.2 Å². The first-order valence-electron chi connectivity index (χ1n) is 6.54. The van der Waals surface area contributed by atoms with Crippen LogP contribution in [0.4, 0.5) is 5.82 Å². The summed E-state index contributed by atoms with van der Waals surface area (Å²) < 4.78 is 0. The Labute approximate surface area is 123 Å². The summed E-state index contributed by atoms with van der Waals surface area (Å²) in [5.74, 6) is 1.23. The molecule has 0 saturated carbocycles. The average Bonchev–Trinajstić information content (AvgIpc) is 2.38. The lowest BCUT2D eigenvalue weighted by Gasteiger charge is -2.21. The zero-order valence-corrected chi connectivity index (χ0v) is 12.3. The number of aromatic nitrogens is 2. The highest BCUT2D eigenvalue weighted by atomic mass is 35.5. The van der Waals surface area contributed by atoms with Crippen LogP contribution in [-0.2, 0) is 6.42 Å². The topological polar surface area (TPSA) is 58.0 Å². The van der Waals surface area contributed by atoms with E-state index >= 15 is 0 Å². The molecule has 5 heteroatoms. The van der Waals surface area contributed by atoms with Crippen molar-refractivity contribution >= 4 is 17.4 Å². The SMILES string of the molecule is Cc1nc(Cl)cc(NC(C)C(O)Cc2ccccc2)n1. The van der Waals surface area contributed by atoms with Crippen molar-refractivity contribution in [3.8, 4) is 0 Å². The van der Waals surface area contributed by atoms with E-state index in [-0.39, 0.29) is 6.04 Å². The quantitative estimate of drug-likeness (QED) is 0.832. The first kappa shape index (κ1) is 14.8. The van der Waals surface area contributed by atoms with Gasteiger partial charge in [-0.05, 0) is 19.4 Å². The maximum absolute atomic E-state index is 10.2. The number of aliphatic hydroxyl groups is 1. The molecule has 0 amide bonds. The summed E-state index contributed by atoms with van der Waals surface area (Å²) >= 11 is 5.89. The second kappa shape index (κ2) is 6.68. The Morgan fingerprint density at radius 2 is 1.95 bits per heavy atom. The van der Waals surface area contributed by atoms with Gasteiger partial charge in [-0.15, -0.1) is 0 Å². The molecule has 20 heavy (non-hydrogen) atoms. The summed E-state index contributed by atoms with van der Waals surface area (Å²) in [7, 11) is 0. The summed E-state index contributed by atoms with van der Waals surface area (Å²) in [6.45, 7) is 3.70. The van der Waals surface area contributed by atoms with E-state index < -0.39 is 6.10 Å². The van der Waals surface area contributed by atoms with Gasteiger partial charge in [0.2, 0.25) is 0 Å². The fraction of sp³-hybridized carbons (Fsp3) is 0.333. The molecule has 0 aliphatic carbocycles. The summed E-state index contributed by atoms with van der Waals surface area (Å²) in [5.41, 5.74) is 1.10. The lowest BCUT2D eigenvalue weighted by atomic mass is 10.0. The molecule has 1 aromatic heterocycles. The van der Waals surface area contributed by atoms with Crippen LogP contribution < -0.4 is 5.32 Å². The van der Waals surface area contributed by atoms with Crippen molar-refractivity contribution < 1.29 is 5.11 Å². The number of hydrogen-bond acceptors (Lipinski definition) is 4. The van der Waals surface area contributed by atoms with Gasteiger partial charge in [0.05, 0.1) is 12.1 Å². The molecule has 0 fully saturated rings. The van der Waals surface area contributed by atoms with Gasteiger partial charge in [0, 0.05) is 12.5 Å². The number of aliphatic hydroxyl groups excluding tert-OH is 1. The fourth-order valence-corrected chi connectivity index (χ4v) is 2.19. The minimum absolute atomic E-state index is 0.138. The first-order valence-corrected chi connectivity index (χ1v) is 6.92. The third kappa shape index (κ3) is 4.18. The van der Waals surface area contributed by atoms with E-state index in [9.17, 15) is 5.11 Å². The van der Waals surface area contributed by atoms with E-state index in [1.165, 1.54) is 0 Å². The second-order valence-corrected chi connectivity index (χ2v) is 5.20. The molecule has 0 saturated heterocycles. The standard InChI is InChI=1S/C15H18ClN3O/c1-10(13(20)8-12-6-4-3-5-7-12)17-15-9-14(16)18-11(2)19-15/h3-7,9-10,13,20H,8H2,1-2H3,(H,17,18,19). The minimum Gasteiger partial charge on any atom is -0.391 e. The number of benzene rings is 1. The third-order valence-corrected chi connectivity index (χ3v) is 3.24. The molecule has 1 aromatic carbocycles. The Bertz CT molecular complexity index is 542. The fourth-order valence-electron chi connectivity index (χ4n) is 1.97. The highest BCUT2D eigenvalue weighted by molar-refractivity contribution is 6.29. The van der Waals surface area contributed by atoms with Crippen LogP contribution in [0.5, 0.6) is 0 Å². The summed E-state index contributed by atoms with van der Waals surface area (Å²) in [6.07, 6.45) is 0.0822. The summed E-state index contributed by atoms with van der Waals surface area (Å²) in [4.78, 5) is 8.25. The molecule has 0 aliphatic rings. The van der Waals surface area contributed by atoms with Crippen molar-refractivity contribution in [2.75, 3.05) is 5.32 Å². The van der Waals surface area contributed by atoms with Crippen LogP contribution in [0.15, 0.2) is 36.4 Å². The number of aryl methyl sites for hydroxylation is 1. The Kier molecular flexibility index (Phi) is 4.93. The Morgan fingerprint density at radius 3 is 2.60 bits per heavy atom. The minimum atomic E-state index is -0.508. The molecular weight excluding hydrogens is 274 g/mol. The molecule has 2 aromatic rings. The van der Waals surface area contributed by atoms with Crippen LogP contribution >= 0.6 is 11.6 Å². The van der Waals surface area contributed by atoms with Crippen molar-refractivity contribution in [1.29, 1.82) is 0 Å². The maximum Gasteiger partial charge on any atom is 0.134 e. The maximum atomic E-state index is 10.2. The van der Waals surface area contributed by atoms with Crippen molar-refractivity contribution in [3.05, 3.63) is 52.9 Å². The van der Waals surface area contributed by atoms with E-state index in [4.69, 9.17) is 11.6 Å². The predicted molar refractivity (Wildman–Crippen MR) is 81.0 cm³/mol. The number of rotatable bonds is 5. The zero-order valence-electron chi connectivity index (χ0n) is 11.5. The van der Waals surface area contributed by atoms with Crippen LogP contribution in [0.3, 0.4) is 0 Å². The molecule has 0 spiro atoms. The van der Waals surface area contributed by atoms with Gasteiger partial charge in [-0.3, -0.25) is 0 Å². The Balaban J connectivity index is 1.98. The molecule has 0 bridgehead atoms. The third-order valence-electron chi connectivity index (χ3n) is 3.05. The van der Waals surface area contributed by atoms with Gasteiger partial charge in [0.15, 0.2) is 0 Å². The second-order valence-electron chi connectivity index (χ2n) is 4.81. The number of hydrogen-bond donors (Lipinski definition) is 2. The monoisotopic (exact) mass is 291 g/mol. The number of nitrogens with zero attached hydrogens (tertiary/aromatic N) is 2. The van der Waals surface area contributed by atoms with Crippen molar-refractivity contribution in [2.24, 2.45) is 0 Å². The predicted octanol–water partition coefficient (Wildman–Crippen LogP) is 2.84. The average molecular weight is 292 g/mol. The van der Waals surface area contributed by atoms with E-state index in [2.05, 4.69) is 15.3 Å². The number of halogens is 1. The molecule has 4 nitrogen and oxygen atoms in total.